The zero-order valence-electron chi connectivity index (χ0n) is 19.7. The van der Waals surface area contributed by atoms with Crippen molar-refractivity contribution in [3.8, 4) is 0 Å². The summed E-state index contributed by atoms with van der Waals surface area (Å²) >= 11 is 1.88. The van der Waals surface area contributed by atoms with E-state index in [0.29, 0.717) is 10.8 Å². The Kier molecular flexibility index (Phi) is 8.74. The highest BCUT2D eigenvalue weighted by Crippen LogP contribution is 2.33. The third-order valence-electron chi connectivity index (χ3n) is 4.60. The van der Waals surface area contributed by atoms with Gasteiger partial charge in [0.25, 0.3) is 0 Å². The maximum Gasteiger partial charge on any atom is 0.0457 e. The number of aromatic nitrogens is 1. The van der Waals surface area contributed by atoms with Gasteiger partial charge in [-0.1, -0.05) is 96.6 Å². The van der Waals surface area contributed by atoms with Gasteiger partial charge in [-0.3, -0.25) is 4.98 Å². The minimum Gasteiger partial charge on any atom is -0.260 e. The van der Waals surface area contributed by atoms with Gasteiger partial charge in [-0.2, -0.15) is 0 Å². The molecular weight excluding hydrogens is 358 g/mol. The van der Waals surface area contributed by atoms with Crippen LogP contribution < -0.4 is 0 Å². The Hall–Kier alpha value is -1.15. The topological polar surface area (TPSA) is 12.9 Å². The van der Waals surface area contributed by atoms with Gasteiger partial charge in [-0.25, -0.2) is 0 Å². The second kappa shape index (κ2) is 9.11. The van der Waals surface area contributed by atoms with Gasteiger partial charge in [-0.05, 0) is 44.9 Å². The fourth-order valence-electron chi connectivity index (χ4n) is 2.40. The van der Waals surface area contributed by atoms with Gasteiger partial charge in [-0.15, -0.1) is 11.3 Å². The van der Waals surface area contributed by atoms with Crippen molar-refractivity contribution in [3.63, 3.8) is 0 Å². The van der Waals surface area contributed by atoms with Crippen LogP contribution in [0.25, 0.3) is 0 Å². The van der Waals surface area contributed by atoms with Crippen molar-refractivity contribution in [1.82, 2.24) is 4.98 Å². The summed E-state index contributed by atoms with van der Waals surface area (Å²) in [5.74, 6) is 0. The highest BCUT2D eigenvalue weighted by atomic mass is 32.1. The molecule has 2 heteroatoms. The van der Waals surface area contributed by atoms with Gasteiger partial charge in [0.2, 0.25) is 0 Å². The van der Waals surface area contributed by atoms with Crippen LogP contribution in [-0.2, 0) is 21.7 Å². The van der Waals surface area contributed by atoms with Crippen LogP contribution in [0.2, 0.25) is 0 Å². The molecule has 1 nitrogen and oxygen atoms in total. The fourth-order valence-corrected chi connectivity index (χ4v) is 3.63. The molecule has 2 heterocycles. The van der Waals surface area contributed by atoms with Crippen LogP contribution in [0.1, 0.15) is 112 Å². The zero-order valence-corrected chi connectivity index (χ0v) is 20.6. The average molecular weight is 404 g/mol. The van der Waals surface area contributed by atoms with Crippen molar-refractivity contribution < 1.29 is 0 Å². The Balaban J connectivity index is 0.000000504. The summed E-state index contributed by atoms with van der Waals surface area (Å²) in [5.41, 5.74) is 4.85. The molecule has 0 saturated carbocycles. The minimum absolute atomic E-state index is 0. The SMILES string of the molecule is C.CC(C)(C)c1ccc(C(C)(C)C)nc1.CC(C)(C)c1csc(C(C)(C)C)c1. The second-order valence-electron chi connectivity index (χ2n) is 11.6. The molecule has 0 spiro atoms. The van der Waals surface area contributed by atoms with Gasteiger partial charge < -0.3 is 0 Å². The van der Waals surface area contributed by atoms with Crippen molar-refractivity contribution in [2.75, 3.05) is 0 Å². The number of thiophene rings is 1. The quantitative estimate of drug-likeness (QED) is 0.429. The van der Waals surface area contributed by atoms with E-state index < -0.39 is 0 Å². The van der Waals surface area contributed by atoms with Crippen LogP contribution in [0.5, 0.6) is 0 Å². The Morgan fingerprint density at radius 1 is 0.643 bits per heavy atom. The number of hydrogen-bond donors (Lipinski definition) is 0. The number of rotatable bonds is 0. The summed E-state index contributed by atoms with van der Waals surface area (Å²) in [5, 5.41) is 2.29. The van der Waals surface area contributed by atoms with Crippen LogP contribution in [0, 0.1) is 0 Å². The Morgan fingerprint density at radius 3 is 1.39 bits per heavy atom. The highest BCUT2D eigenvalue weighted by molar-refractivity contribution is 7.10. The molecule has 2 rings (SSSR count). The second-order valence-corrected chi connectivity index (χ2v) is 12.5. The first kappa shape index (κ1) is 26.9. The molecule has 28 heavy (non-hydrogen) atoms. The first-order chi connectivity index (χ1) is 11.9. The van der Waals surface area contributed by atoms with Crippen LogP contribution in [0.4, 0.5) is 0 Å². The maximum atomic E-state index is 4.52. The lowest BCUT2D eigenvalue weighted by atomic mass is 9.86. The molecule has 0 aliphatic carbocycles. The largest absolute Gasteiger partial charge is 0.260 e. The van der Waals surface area contributed by atoms with E-state index in [1.54, 1.807) is 0 Å². The third kappa shape index (κ3) is 8.07. The summed E-state index contributed by atoms with van der Waals surface area (Å²) in [6.07, 6.45) is 2.00. The lowest BCUT2D eigenvalue weighted by Crippen LogP contribution is -2.16. The van der Waals surface area contributed by atoms with Crippen molar-refractivity contribution in [1.29, 1.82) is 0 Å². The van der Waals surface area contributed by atoms with Crippen molar-refractivity contribution in [3.05, 3.63) is 51.5 Å². The van der Waals surface area contributed by atoms with Crippen LogP contribution >= 0.6 is 11.3 Å². The van der Waals surface area contributed by atoms with E-state index >= 15 is 0 Å². The monoisotopic (exact) mass is 403 g/mol. The molecule has 0 N–H and O–H groups in total. The van der Waals surface area contributed by atoms with E-state index in [1.807, 2.05) is 17.5 Å². The summed E-state index contributed by atoms with van der Waals surface area (Å²) < 4.78 is 0. The molecule has 2 aromatic heterocycles. The molecule has 0 bridgehead atoms. The summed E-state index contributed by atoms with van der Waals surface area (Å²) in [4.78, 5) is 6.00. The summed E-state index contributed by atoms with van der Waals surface area (Å²) in [6.45, 7) is 26.8. The van der Waals surface area contributed by atoms with Gasteiger partial charge in [0.1, 0.15) is 0 Å². The van der Waals surface area contributed by atoms with E-state index in [2.05, 4.69) is 112 Å². The number of nitrogens with zero attached hydrogens (tertiary/aromatic N) is 1. The minimum atomic E-state index is 0. The Morgan fingerprint density at radius 2 is 1.14 bits per heavy atom. The molecule has 0 radical (unpaired) electrons. The molecule has 0 unspecified atom stereocenters. The normalized spacial score (nSPS) is 12.7. The molecule has 160 valence electrons. The van der Waals surface area contributed by atoms with Crippen LogP contribution in [-0.4, -0.2) is 4.98 Å². The van der Waals surface area contributed by atoms with Crippen LogP contribution in [0.15, 0.2) is 29.8 Å². The smallest absolute Gasteiger partial charge is 0.0457 e. The Bertz CT molecular complexity index is 647. The lowest BCUT2D eigenvalue weighted by molar-refractivity contribution is 0.556. The molecule has 0 fully saturated rings. The van der Waals surface area contributed by atoms with Crippen molar-refractivity contribution in [2.45, 2.75) is 112 Å². The van der Waals surface area contributed by atoms with Crippen molar-refractivity contribution in [2.24, 2.45) is 0 Å². The molecule has 0 saturated heterocycles. The first-order valence-electron chi connectivity index (χ1n) is 9.99. The first-order valence-corrected chi connectivity index (χ1v) is 10.9. The van der Waals surface area contributed by atoms with Gasteiger partial charge in [0, 0.05) is 22.2 Å². The van der Waals surface area contributed by atoms with E-state index in [0.717, 1.165) is 5.69 Å². The predicted octanol–water partition coefficient (Wildman–Crippen LogP) is 8.66. The standard InChI is InChI=1S/C13H21N.C12H20S.CH4/c1-12(2,3)10-7-8-11(14-9-10)13(4,5)6;1-11(2,3)9-7-10(13-8-9)12(4,5)6;/h7-9H,1-6H3;7-8H,1-6H3;1H4. The molecule has 0 amide bonds. The van der Waals surface area contributed by atoms with Gasteiger partial charge in [0.05, 0.1) is 0 Å². The van der Waals surface area contributed by atoms with E-state index in [4.69, 9.17) is 0 Å². The van der Waals surface area contributed by atoms with E-state index in [-0.39, 0.29) is 18.3 Å². The summed E-state index contributed by atoms with van der Waals surface area (Å²) in [7, 11) is 0. The molecule has 0 aliphatic heterocycles. The maximum absolute atomic E-state index is 4.52. The fraction of sp³-hybridized carbons (Fsp3) is 0.654. The van der Waals surface area contributed by atoms with Gasteiger partial charge in [0.15, 0.2) is 0 Å². The lowest BCUT2D eigenvalue weighted by Gasteiger charge is -2.22. The molecule has 0 atom stereocenters. The van der Waals surface area contributed by atoms with E-state index in [1.165, 1.54) is 16.0 Å². The molecule has 0 aliphatic rings. The number of hydrogen-bond acceptors (Lipinski definition) is 2. The number of pyridine rings is 1. The molecule has 0 aromatic carbocycles. The van der Waals surface area contributed by atoms with Crippen LogP contribution in [0.3, 0.4) is 0 Å². The third-order valence-corrected chi connectivity index (χ3v) is 5.96. The molecular formula is C26H45NS. The Labute approximate surface area is 180 Å². The average Bonchev–Trinajstić information content (AvgIpc) is 2.96. The zero-order chi connectivity index (χ0) is 21.3. The van der Waals surface area contributed by atoms with E-state index in [9.17, 15) is 0 Å². The predicted molar refractivity (Wildman–Crippen MR) is 130 cm³/mol. The molecule has 2 aromatic rings. The van der Waals surface area contributed by atoms with Gasteiger partial charge >= 0.3 is 0 Å². The summed E-state index contributed by atoms with van der Waals surface area (Å²) in [6, 6.07) is 6.68. The highest BCUT2D eigenvalue weighted by Gasteiger charge is 2.21. The van der Waals surface area contributed by atoms with Crippen molar-refractivity contribution >= 4 is 11.3 Å².